The van der Waals surface area contributed by atoms with Crippen molar-refractivity contribution in [2.75, 3.05) is 26.8 Å². The Balaban J connectivity index is 1.58. The molecule has 1 atom stereocenters. The molecule has 0 unspecified atom stereocenters. The van der Waals surface area contributed by atoms with Gasteiger partial charge in [-0.25, -0.2) is 4.98 Å². The monoisotopic (exact) mass is 287 g/mol. The molecule has 2 heterocycles. The summed E-state index contributed by atoms with van der Waals surface area (Å²) in [5, 5.41) is 0. The Bertz CT molecular complexity index is 556. The van der Waals surface area contributed by atoms with Crippen LogP contribution in [-0.2, 0) is 17.7 Å². The second-order valence-corrected chi connectivity index (χ2v) is 5.32. The molecule has 5 nitrogen and oxygen atoms in total. The van der Waals surface area contributed by atoms with Crippen molar-refractivity contribution in [2.45, 2.75) is 19.1 Å². The van der Waals surface area contributed by atoms with Gasteiger partial charge in [0.15, 0.2) is 0 Å². The van der Waals surface area contributed by atoms with Gasteiger partial charge in [-0.05, 0) is 17.7 Å². The van der Waals surface area contributed by atoms with Gasteiger partial charge in [-0.2, -0.15) is 0 Å². The Morgan fingerprint density at radius 2 is 2.43 bits per heavy atom. The molecule has 1 saturated heterocycles. The quantitative estimate of drug-likeness (QED) is 0.912. The molecule has 3 rings (SSSR count). The fourth-order valence-electron chi connectivity index (χ4n) is 2.71. The average Bonchev–Trinajstić information content (AvgIpc) is 3.01. The van der Waals surface area contributed by atoms with E-state index in [2.05, 4.69) is 27.0 Å². The van der Waals surface area contributed by atoms with Crippen molar-refractivity contribution in [2.24, 2.45) is 0 Å². The summed E-state index contributed by atoms with van der Waals surface area (Å²) < 4.78 is 11.2. The molecule has 0 amide bonds. The highest BCUT2D eigenvalue weighted by Gasteiger charge is 2.21. The molecule has 1 aliphatic heterocycles. The van der Waals surface area contributed by atoms with Gasteiger partial charge in [0.25, 0.3) is 0 Å². The first kappa shape index (κ1) is 14.1. The largest absolute Gasteiger partial charge is 0.497 e. The Labute approximate surface area is 124 Å². The number of H-pyrrole nitrogens is 1. The van der Waals surface area contributed by atoms with Crippen LogP contribution in [0.25, 0.3) is 0 Å². The molecule has 1 N–H and O–H groups in total. The Hall–Kier alpha value is -1.85. The molecule has 2 aromatic rings. The van der Waals surface area contributed by atoms with E-state index in [1.807, 2.05) is 18.3 Å². The molecule has 1 aromatic carbocycles. The number of imidazole rings is 1. The van der Waals surface area contributed by atoms with Crippen LogP contribution in [0.2, 0.25) is 0 Å². The number of methoxy groups -OCH3 is 1. The van der Waals surface area contributed by atoms with Crippen LogP contribution in [0.15, 0.2) is 36.7 Å². The van der Waals surface area contributed by atoms with E-state index in [-0.39, 0.29) is 6.10 Å². The smallest absolute Gasteiger partial charge is 0.120 e. The van der Waals surface area contributed by atoms with E-state index < -0.39 is 0 Å². The second kappa shape index (κ2) is 6.74. The first-order valence-electron chi connectivity index (χ1n) is 7.28. The molecule has 0 saturated carbocycles. The van der Waals surface area contributed by atoms with Gasteiger partial charge < -0.3 is 14.5 Å². The van der Waals surface area contributed by atoms with E-state index >= 15 is 0 Å². The predicted octanol–water partition coefficient (Wildman–Crippen LogP) is 1.86. The van der Waals surface area contributed by atoms with Gasteiger partial charge in [-0.3, -0.25) is 4.90 Å². The zero-order valence-electron chi connectivity index (χ0n) is 12.3. The number of aromatic nitrogens is 2. The van der Waals surface area contributed by atoms with Gasteiger partial charge in [0, 0.05) is 31.9 Å². The molecular formula is C16H21N3O2. The molecule has 0 spiro atoms. The lowest BCUT2D eigenvalue weighted by Gasteiger charge is -2.32. The van der Waals surface area contributed by atoms with Gasteiger partial charge in [0.1, 0.15) is 11.6 Å². The summed E-state index contributed by atoms with van der Waals surface area (Å²) in [6.45, 7) is 3.51. The van der Waals surface area contributed by atoms with Crippen molar-refractivity contribution in [3.8, 4) is 5.75 Å². The van der Waals surface area contributed by atoms with E-state index in [1.54, 1.807) is 13.3 Å². The molecule has 112 valence electrons. The Morgan fingerprint density at radius 3 is 3.24 bits per heavy atom. The van der Waals surface area contributed by atoms with Gasteiger partial charge in [0.05, 0.1) is 26.4 Å². The van der Waals surface area contributed by atoms with Crippen LogP contribution < -0.4 is 4.74 Å². The first-order valence-corrected chi connectivity index (χ1v) is 7.28. The third-order valence-corrected chi connectivity index (χ3v) is 3.75. The normalized spacial score (nSPS) is 19.6. The van der Waals surface area contributed by atoms with Crippen molar-refractivity contribution in [1.82, 2.24) is 14.9 Å². The highest BCUT2D eigenvalue weighted by molar-refractivity contribution is 5.28. The van der Waals surface area contributed by atoms with Crippen molar-refractivity contribution in [3.63, 3.8) is 0 Å². The molecule has 0 bridgehead atoms. The van der Waals surface area contributed by atoms with Gasteiger partial charge in [0.2, 0.25) is 0 Å². The first-order chi connectivity index (χ1) is 10.3. The Kier molecular flexibility index (Phi) is 4.52. The van der Waals surface area contributed by atoms with Gasteiger partial charge >= 0.3 is 0 Å². The van der Waals surface area contributed by atoms with Crippen LogP contribution in [-0.4, -0.2) is 47.8 Å². The molecule has 1 fully saturated rings. The molecule has 0 aliphatic carbocycles. The van der Waals surface area contributed by atoms with Crippen LogP contribution in [0.3, 0.4) is 0 Å². The number of rotatable bonds is 5. The zero-order valence-corrected chi connectivity index (χ0v) is 12.3. The summed E-state index contributed by atoms with van der Waals surface area (Å²) >= 11 is 0. The van der Waals surface area contributed by atoms with Crippen molar-refractivity contribution in [3.05, 3.63) is 48.0 Å². The number of hydrogen-bond donors (Lipinski definition) is 1. The van der Waals surface area contributed by atoms with Gasteiger partial charge in [-0.15, -0.1) is 0 Å². The summed E-state index contributed by atoms with van der Waals surface area (Å²) in [5.41, 5.74) is 1.25. The lowest BCUT2D eigenvalue weighted by molar-refractivity contribution is -0.0311. The standard InChI is InChI=1S/C16H21N3O2/c1-20-14-4-2-3-13(9-14)10-15-11-19(7-8-21-15)12-16-17-5-6-18-16/h2-6,9,15H,7-8,10-12H2,1H3,(H,17,18)/t15-/m1/s1. The molecular weight excluding hydrogens is 266 g/mol. The third kappa shape index (κ3) is 3.83. The maximum Gasteiger partial charge on any atom is 0.120 e. The van der Waals surface area contributed by atoms with E-state index in [4.69, 9.17) is 9.47 Å². The number of benzene rings is 1. The number of nitrogens with zero attached hydrogens (tertiary/aromatic N) is 2. The van der Waals surface area contributed by atoms with Gasteiger partial charge in [-0.1, -0.05) is 12.1 Å². The van der Waals surface area contributed by atoms with E-state index in [0.717, 1.165) is 44.2 Å². The summed E-state index contributed by atoms with van der Waals surface area (Å²) in [6.07, 6.45) is 4.79. The lowest BCUT2D eigenvalue weighted by Crippen LogP contribution is -2.43. The molecule has 1 aliphatic rings. The topological polar surface area (TPSA) is 50.4 Å². The number of hydrogen-bond acceptors (Lipinski definition) is 4. The highest BCUT2D eigenvalue weighted by atomic mass is 16.5. The minimum atomic E-state index is 0.223. The van der Waals surface area contributed by atoms with E-state index in [1.165, 1.54) is 5.56 Å². The summed E-state index contributed by atoms with van der Waals surface area (Å²) in [7, 11) is 1.70. The fourth-order valence-corrected chi connectivity index (χ4v) is 2.71. The number of ether oxygens (including phenoxy) is 2. The molecule has 21 heavy (non-hydrogen) atoms. The summed E-state index contributed by atoms with van der Waals surface area (Å²) in [6, 6.07) is 8.19. The number of morpholine rings is 1. The van der Waals surface area contributed by atoms with Crippen LogP contribution in [0.5, 0.6) is 5.75 Å². The summed E-state index contributed by atoms with van der Waals surface area (Å²) in [4.78, 5) is 9.82. The maximum absolute atomic E-state index is 5.89. The van der Waals surface area contributed by atoms with Crippen LogP contribution in [0, 0.1) is 0 Å². The van der Waals surface area contributed by atoms with Crippen molar-refractivity contribution < 1.29 is 9.47 Å². The average molecular weight is 287 g/mol. The minimum absolute atomic E-state index is 0.223. The third-order valence-electron chi connectivity index (χ3n) is 3.75. The fraction of sp³-hybridized carbons (Fsp3) is 0.438. The van der Waals surface area contributed by atoms with Crippen LogP contribution >= 0.6 is 0 Å². The SMILES string of the molecule is COc1cccc(C[C@@H]2CN(Cc3ncc[nH]3)CCO2)c1. The van der Waals surface area contributed by atoms with Crippen LogP contribution in [0.1, 0.15) is 11.4 Å². The van der Waals surface area contributed by atoms with E-state index in [9.17, 15) is 0 Å². The molecule has 0 radical (unpaired) electrons. The Morgan fingerprint density at radius 1 is 1.48 bits per heavy atom. The number of nitrogens with one attached hydrogen (secondary N) is 1. The van der Waals surface area contributed by atoms with Crippen molar-refractivity contribution >= 4 is 0 Å². The minimum Gasteiger partial charge on any atom is -0.497 e. The number of aromatic amines is 1. The van der Waals surface area contributed by atoms with Crippen LogP contribution in [0.4, 0.5) is 0 Å². The zero-order chi connectivity index (χ0) is 14.5. The maximum atomic E-state index is 5.89. The van der Waals surface area contributed by atoms with E-state index in [0.29, 0.717) is 0 Å². The van der Waals surface area contributed by atoms with Crippen molar-refractivity contribution in [1.29, 1.82) is 0 Å². The molecule has 1 aromatic heterocycles. The predicted molar refractivity (Wildman–Crippen MR) is 80.3 cm³/mol. The second-order valence-electron chi connectivity index (χ2n) is 5.32. The summed E-state index contributed by atoms with van der Waals surface area (Å²) in [5.74, 6) is 1.91. The lowest BCUT2D eigenvalue weighted by atomic mass is 10.1. The highest BCUT2D eigenvalue weighted by Crippen LogP contribution is 2.17. The molecule has 5 heteroatoms.